The Morgan fingerprint density at radius 2 is 2.04 bits per heavy atom. The van der Waals surface area contributed by atoms with E-state index in [1.807, 2.05) is 10.6 Å². The molecule has 0 saturated carbocycles. The average molecular weight is 338 g/mol. The lowest BCUT2D eigenvalue weighted by atomic mass is 9.82. The molecule has 2 aliphatic rings. The molecule has 2 aliphatic heterocycles. The minimum absolute atomic E-state index is 0.108. The molecule has 132 valence electrons. The van der Waals surface area contributed by atoms with E-state index in [4.69, 9.17) is 5.73 Å². The van der Waals surface area contributed by atoms with Crippen molar-refractivity contribution in [3.63, 3.8) is 0 Å². The fourth-order valence-electron chi connectivity index (χ4n) is 4.47. The van der Waals surface area contributed by atoms with Crippen molar-refractivity contribution in [1.82, 2.24) is 14.5 Å². The minimum atomic E-state index is 0.108. The SMILES string of the molecule is CC(C)CN1C[C@@H]2C[C@H](C1)c1cc(-c3ccc(N)nc3)cc(=O)n1C2. The molecule has 1 fully saturated rings. The van der Waals surface area contributed by atoms with Gasteiger partial charge >= 0.3 is 0 Å². The number of likely N-dealkylation sites (tertiary alicyclic amines) is 1. The van der Waals surface area contributed by atoms with Gasteiger partial charge in [0, 0.05) is 55.6 Å². The average Bonchev–Trinajstić information content (AvgIpc) is 2.55. The molecule has 0 spiro atoms. The number of hydrogen-bond donors (Lipinski definition) is 1. The molecule has 2 aromatic rings. The molecule has 2 bridgehead atoms. The van der Waals surface area contributed by atoms with Gasteiger partial charge in [-0.2, -0.15) is 0 Å². The number of aromatic nitrogens is 2. The van der Waals surface area contributed by atoms with Crippen LogP contribution >= 0.6 is 0 Å². The molecule has 2 aromatic heterocycles. The van der Waals surface area contributed by atoms with Crippen molar-refractivity contribution in [3.05, 3.63) is 46.5 Å². The number of piperidine rings is 1. The van der Waals surface area contributed by atoms with E-state index in [1.54, 1.807) is 18.3 Å². The molecule has 4 heterocycles. The van der Waals surface area contributed by atoms with Gasteiger partial charge in [-0.15, -0.1) is 0 Å². The summed E-state index contributed by atoms with van der Waals surface area (Å²) >= 11 is 0. The van der Waals surface area contributed by atoms with E-state index in [9.17, 15) is 4.79 Å². The summed E-state index contributed by atoms with van der Waals surface area (Å²) in [6.07, 6.45) is 2.94. The van der Waals surface area contributed by atoms with E-state index < -0.39 is 0 Å². The molecule has 0 aromatic carbocycles. The largest absolute Gasteiger partial charge is 0.384 e. The van der Waals surface area contributed by atoms with E-state index in [0.717, 1.165) is 37.3 Å². The zero-order valence-electron chi connectivity index (χ0n) is 15.0. The number of nitrogens with two attached hydrogens (primary N) is 1. The van der Waals surface area contributed by atoms with Gasteiger partial charge in [-0.1, -0.05) is 13.8 Å². The lowest BCUT2D eigenvalue weighted by Crippen LogP contribution is -2.48. The van der Waals surface area contributed by atoms with Crippen molar-refractivity contribution in [2.45, 2.75) is 32.7 Å². The van der Waals surface area contributed by atoms with Gasteiger partial charge in [-0.05, 0) is 42.0 Å². The van der Waals surface area contributed by atoms with Crippen molar-refractivity contribution in [3.8, 4) is 11.1 Å². The minimum Gasteiger partial charge on any atom is -0.384 e. The molecule has 0 aliphatic carbocycles. The summed E-state index contributed by atoms with van der Waals surface area (Å²) in [5.74, 6) is 2.21. The molecule has 2 atom stereocenters. The summed E-state index contributed by atoms with van der Waals surface area (Å²) in [6.45, 7) is 8.70. The predicted molar refractivity (Wildman–Crippen MR) is 100 cm³/mol. The highest BCUT2D eigenvalue weighted by Crippen LogP contribution is 2.36. The molecule has 25 heavy (non-hydrogen) atoms. The van der Waals surface area contributed by atoms with Gasteiger partial charge < -0.3 is 15.2 Å². The Labute approximate surface area is 148 Å². The Kier molecular flexibility index (Phi) is 4.12. The standard InChI is InChI=1S/C20H26N4O/c1-13(2)9-23-10-14-5-17(12-23)18-6-16(7-20(25)24(18)11-14)15-3-4-19(21)22-8-15/h3-4,6-8,13-14,17H,5,9-12H2,1-2H3,(H2,21,22)/t14-,17+/m0/s1. The van der Waals surface area contributed by atoms with Crippen molar-refractivity contribution in [2.75, 3.05) is 25.4 Å². The van der Waals surface area contributed by atoms with Crippen LogP contribution in [0.1, 0.15) is 31.9 Å². The molecule has 1 saturated heterocycles. The van der Waals surface area contributed by atoms with Crippen LogP contribution in [0, 0.1) is 11.8 Å². The number of nitrogens with zero attached hydrogens (tertiary/aromatic N) is 3. The van der Waals surface area contributed by atoms with Crippen molar-refractivity contribution >= 4 is 5.82 Å². The topological polar surface area (TPSA) is 64.2 Å². The zero-order valence-corrected chi connectivity index (χ0v) is 15.0. The summed E-state index contributed by atoms with van der Waals surface area (Å²) < 4.78 is 2.00. The second-order valence-electron chi connectivity index (χ2n) is 8.00. The van der Waals surface area contributed by atoms with E-state index in [-0.39, 0.29) is 5.56 Å². The van der Waals surface area contributed by atoms with Crippen molar-refractivity contribution < 1.29 is 0 Å². The Balaban J connectivity index is 1.70. The summed E-state index contributed by atoms with van der Waals surface area (Å²) in [6, 6.07) is 7.65. The molecule has 4 rings (SSSR count). The van der Waals surface area contributed by atoms with Crippen LogP contribution in [-0.4, -0.2) is 34.1 Å². The third-order valence-electron chi connectivity index (χ3n) is 5.37. The second kappa shape index (κ2) is 6.30. The molecule has 0 radical (unpaired) electrons. The van der Waals surface area contributed by atoms with Crippen LogP contribution in [0.15, 0.2) is 35.3 Å². The molecule has 2 N–H and O–H groups in total. The molecule has 5 heteroatoms. The summed E-state index contributed by atoms with van der Waals surface area (Å²) in [4.78, 5) is 19.5. The van der Waals surface area contributed by atoms with Gasteiger partial charge in [-0.3, -0.25) is 4.79 Å². The smallest absolute Gasteiger partial charge is 0.251 e. The van der Waals surface area contributed by atoms with Gasteiger partial charge in [0.05, 0.1) is 0 Å². The Bertz CT molecular complexity index is 825. The van der Waals surface area contributed by atoms with Crippen molar-refractivity contribution in [1.29, 1.82) is 0 Å². The monoisotopic (exact) mass is 338 g/mol. The van der Waals surface area contributed by atoms with Gasteiger partial charge in [0.2, 0.25) is 0 Å². The third kappa shape index (κ3) is 3.21. The Morgan fingerprint density at radius 1 is 1.20 bits per heavy atom. The number of hydrogen-bond acceptors (Lipinski definition) is 4. The number of pyridine rings is 2. The molecular weight excluding hydrogens is 312 g/mol. The molecule has 5 nitrogen and oxygen atoms in total. The van der Waals surface area contributed by atoms with Gasteiger partial charge in [0.15, 0.2) is 0 Å². The predicted octanol–water partition coefficient (Wildman–Crippen LogP) is 2.57. The van der Waals surface area contributed by atoms with Crippen molar-refractivity contribution in [2.24, 2.45) is 11.8 Å². The van der Waals surface area contributed by atoms with E-state index >= 15 is 0 Å². The van der Waals surface area contributed by atoms with Gasteiger partial charge in [-0.25, -0.2) is 4.98 Å². The Morgan fingerprint density at radius 3 is 2.76 bits per heavy atom. The molecule has 0 unspecified atom stereocenters. The first-order valence-corrected chi connectivity index (χ1v) is 9.18. The highest BCUT2D eigenvalue weighted by atomic mass is 16.1. The molecular formula is C20H26N4O. The first-order chi connectivity index (χ1) is 12.0. The maximum Gasteiger partial charge on any atom is 0.251 e. The van der Waals surface area contributed by atoms with Crippen LogP contribution in [0.4, 0.5) is 5.82 Å². The van der Waals surface area contributed by atoms with Gasteiger partial charge in [0.25, 0.3) is 5.56 Å². The normalized spacial score (nSPS) is 22.8. The lowest BCUT2D eigenvalue weighted by Gasteiger charge is -2.43. The fourth-order valence-corrected chi connectivity index (χ4v) is 4.47. The first-order valence-electron chi connectivity index (χ1n) is 9.18. The van der Waals surface area contributed by atoms with Crippen LogP contribution in [0.3, 0.4) is 0 Å². The highest BCUT2D eigenvalue weighted by molar-refractivity contribution is 5.63. The summed E-state index contributed by atoms with van der Waals surface area (Å²) in [5.41, 5.74) is 8.87. The second-order valence-corrected chi connectivity index (χ2v) is 8.00. The first kappa shape index (κ1) is 16.3. The highest BCUT2D eigenvalue weighted by Gasteiger charge is 2.34. The van der Waals surface area contributed by atoms with Crippen LogP contribution in [0.2, 0.25) is 0 Å². The van der Waals surface area contributed by atoms with Crippen LogP contribution in [-0.2, 0) is 6.54 Å². The zero-order chi connectivity index (χ0) is 17.6. The molecule has 0 amide bonds. The quantitative estimate of drug-likeness (QED) is 0.934. The van der Waals surface area contributed by atoms with E-state index in [1.165, 1.54) is 12.1 Å². The number of anilines is 1. The lowest BCUT2D eigenvalue weighted by molar-refractivity contribution is 0.109. The number of rotatable bonds is 3. The third-order valence-corrected chi connectivity index (χ3v) is 5.37. The fraction of sp³-hybridized carbons (Fsp3) is 0.500. The van der Waals surface area contributed by atoms with E-state index in [0.29, 0.717) is 23.6 Å². The summed E-state index contributed by atoms with van der Waals surface area (Å²) in [7, 11) is 0. The Hall–Kier alpha value is -2.14. The van der Waals surface area contributed by atoms with Crippen LogP contribution in [0.5, 0.6) is 0 Å². The van der Waals surface area contributed by atoms with Crippen LogP contribution in [0.25, 0.3) is 11.1 Å². The number of fused-ring (bicyclic) bond motifs is 4. The van der Waals surface area contributed by atoms with E-state index in [2.05, 4.69) is 29.8 Å². The maximum absolute atomic E-state index is 12.7. The number of nitrogen functional groups attached to an aromatic ring is 1. The maximum atomic E-state index is 12.7. The van der Waals surface area contributed by atoms with Crippen LogP contribution < -0.4 is 11.3 Å². The van der Waals surface area contributed by atoms with Gasteiger partial charge in [0.1, 0.15) is 5.82 Å². The summed E-state index contributed by atoms with van der Waals surface area (Å²) in [5, 5.41) is 0.